The van der Waals surface area contributed by atoms with Crippen LogP contribution in [0.5, 0.6) is 5.75 Å². The lowest BCUT2D eigenvalue weighted by atomic mass is 10.1. The quantitative estimate of drug-likeness (QED) is 0.575. The van der Waals surface area contributed by atoms with E-state index in [1.807, 2.05) is 0 Å². The normalized spacial score (nSPS) is 12.5. The van der Waals surface area contributed by atoms with Gasteiger partial charge in [-0.05, 0) is 13.0 Å². The van der Waals surface area contributed by atoms with Gasteiger partial charge in [0, 0.05) is 5.56 Å². The Morgan fingerprint density at radius 1 is 1.32 bits per heavy atom. The molecule has 0 bridgehead atoms. The number of amides is 1. The van der Waals surface area contributed by atoms with Crippen molar-refractivity contribution in [2.75, 3.05) is 12.4 Å². The molecule has 122 valence electrons. The summed E-state index contributed by atoms with van der Waals surface area (Å²) < 4.78 is 35.5. The first-order chi connectivity index (χ1) is 10.2. The highest BCUT2D eigenvalue weighted by Crippen LogP contribution is 2.18. The maximum atomic E-state index is 11.9. The second kappa shape index (κ2) is 7.76. The average molecular weight is 331 g/mol. The molecule has 1 atom stereocenters. The van der Waals surface area contributed by atoms with E-state index >= 15 is 0 Å². The summed E-state index contributed by atoms with van der Waals surface area (Å²) in [5, 5.41) is 10.9. The third-order valence-electron chi connectivity index (χ3n) is 2.63. The van der Waals surface area contributed by atoms with Crippen LogP contribution in [-0.2, 0) is 26.1 Å². The van der Waals surface area contributed by atoms with E-state index in [1.54, 1.807) is 31.2 Å². The zero-order chi connectivity index (χ0) is 16.8. The molecule has 3 N–H and O–H groups in total. The maximum Gasteiger partial charge on any atom is 0.327 e. The van der Waals surface area contributed by atoms with Crippen molar-refractivity contribution in [2.24, 2.45) is 0 Å². The van der Waals surface area contributed by atoms with Crippen molar-refractivity contribution in [3.8, 4) is 5.75 Å². The average Bonchev–Trinajstić information content (AvgIpc) is 2.39. The van der Waals surface area contributed by atoms with Crippen LogP contribution in [0.2, 0.25) is 0 Å². The van der Waals surface area contributed by atoms with Crippen LogP contribution in [0, 0.1) is 0 Å². The fourth-order valence-electron chi connectivity index (χ4n) is 1.75. The molecule has 0 saturated carbocycles. The van der Waals surface area contributed by atoms with Crippen LogP contribution < -0.4 is 10.1 Å². The van der Waals surface area contributed by atoms with E-state index in [-0.39, 0.29) is 6.42 Å². The van der Waals surface area contributed by atoms with E-state index in [9.17, 15) is 18.0 Å². The summed E-state index contributed by atoms with van der Waals surface area (Å²) in [5.74, 6) is -2.85. The van der Waals surface area contributed by atoms with Crippen molar-refractivity contribution >= 4 is 22.0 Å². The summed E-state index contributed by atoms with van der Waals surface area (Å²) in [7, 11) is -4.52. The number of carboxylic acid groups (broad SMARTS) is 1. The largest absolute Gasteiger partial charge is 0.494 e. The standard InChI is InChI=1S/C13H17NO7S/c1-2-21-11-6-4-3-5-9(11)7-12(15)14-10(13(16)17)8-22(18,19)20/h3-6,10H,2,7-8H2,1H3,(H,14,15)(H,16,17)(H,18,19,20). The Hall–Kier alpha value is -2.13. The van der Waals surface area contributed by atoms with Crippen molar-refractivity contribution in [3.63, 3.8) is 0 Å². The number of aliphatic carboxylic acids is 1. The molecule has 9 heteroatoms. The molecule has 8 nitrogen and oxygen atoms in total. The van der Waals surface area contributed by atoms with Gasteiger partial charge in [-0.15, -0.1) is 0 Å². The SMILES string of the molecule is CCOc1ccccc1CC(=O)NC(CS(=O)(=O)O)C(=O)O. The molecule has 0 aliphatic carbocycles. The molecule has 1 aromatic carbocycles. The molecule has 22 heavy (non-hydrogen) atoms. The van der Waals surface area contributed by atoms with Crippen molar-refractivity contribution in [1.82, 2.24) is 5.32 Å². The first kappa shape index (κ1) is 17.9. The van der Waals surface area contributed by atoms with Crippen LogP contribution in [0.1, 0.15) is 12.5 Å². The number of benzene rings is 1. The van der Waals surface area contributed by atoms with Crippen molar-refractivity contribution in [2.45, 2.75) is 19.4 Å². The first-order valence-electron chi connectivity index (χ1n) is 6.41. The van der Waals surface area contributed by atoms with Crippen LogP contribution in [0.3, 0.4) is 0 Å². The topological polar surface area (TPSA) is 130 Å². The van der Waals surface area contributed by atoms with Gasteiger partial charge >= 0.3 is 5.97 Å². The van der Waals surface area contributed by atoms with Gasteiger partial charge in [-0.3, -0.25) is 9.35 Å². The maximum absolute atomic E-state index is 11.9. The molecular weight excluding hydrogens is 314 g/mol. The van der Waals surface area contributed by atoms with Gasteiger partial charge in [-0.25, -0.2) is 4.79 Å². The summed E-state index contributed by atoms with van der Waals surface area (Å²) in [5.41, 5.74) is 0.540. The van der Waals surface area contributed by atoms with Gasteiger partial charge in [0.15, 0.2) is 0 Å². The predicted octanol–water partition coefficient (Wildman–Crippen LogP) is 0.0850. The number of rotatable bonds is 8. The summed E-state index contributed by atoms with van der Waals surface area (Å²) in [6.07, 6.45) is -0.175. The lowest BCUT2D eigenvalue weighted by Crippen LogP contribution is -2.45. The second-order valence-electron chi connectivity index (χ2n) is 4.42. The van der Waals surface area contributed by atoms with E-state index in [0.717, 1.165) is 0 Å². The van der Waals surface area contributed by atoms with Gasteiger partial charge in [0.05, 0.1) is 13.0 Å². The van der Waals surface area contributed by atoms with Gasteiger partial charge in [0.1, 0.15) is 17.5 Å². The molecular formula is C13H17NO7S. The zero-order valence-electron chi connectivity index (χ0n) is 11.9. The van der Waals surface area contributed by atoms with Crippen LogP contribution in [0.15, 0.2) is 24.3 Å². The van der Waals surface area contributed by atoms with Crippen molar-refractivity contribution in [3.05, 3.63) is 29.8 Å². The minimum Gasteiger partial charge on any atom is -0.494 e. The van der Waals surface area contributed by atoms with Crippen molar-refractivity contribution < 1.29 is 32.4 Å². The first-order valence-corrected chi connectivity index (χ1v) is 8.02. The molecule has 1 rings (SSSR count). The highest BCUT2D eigenvalue weighted by Gasteiger charge is 2.25. The Morgan fingerprint density at radius 2 is 1.95 bits per heavy atom. The molecule has 0 fully saturated rings. The third-order valence-corrected chi connectivity index (χ3v) is 3.39. The second-order valence-corrected chi connectivity index (χ2v) is 5.92. The number of carboxylic acids is 1. The Labute approximate surface area is 127 Å². The summed E-state index contributed by atoms with van der Waals surface area (Å²) in [4.78, 5) is 22.8. The Kier molecular flexibility index (Phi) is 6.32. The fraction of sp³-hybridized carbons (Fsp3) is 0.385. The number of carbonyl (C=O) groups excluding carboxylic acids is 1. The van der Waals surface area contributed by atoms with E-state index in [1.165, 1.54) is 0 Å². The van der Waals surface area contributed by atoms with Gasteiger partial charge < -0.3 is 15.2 Å². The summed E-state index contributed by atoms with van der Waals surface area (Å²) >= 11 is 0. The van der Waals surface area contributed by atoms with E-state index in [4.69, 9.17) is 14.4 Å². The molecule has 0 spiro atoms. The molecule has 1 unspecified atom stereocenters. The van der Waals surface area contributed by atoms with Gasteiger partial charge in [-0.1, -0.05) is 18.2 Å². The molecule has 0 heterocycles. The van der Waals surface area contributed by atoms with Gasteiger partial charge in [-0.2, -0.15) is 8.42 Å². The van der Waals surface area contributed by atoms with Gasteiger partial charge in [0.2, 0.25) is 5.91 Å². The highest BCUT2D eigenvalue weighted by molar-refractivity contribution is 7.85. The number of hydrogen-bond acceptors (Lipinski definition) is 5. The zero-order valence-corrected chi connectivity index (χ0v) is 12.7. The van der Waals surface area contributed by atoms with E-state index in [0.29, 0.717) is 17.9 Å². The van der Waals surface area contributed by atoms with Crippen LogP contribution in [-0.4, -0.2) is 48.4 Å². The molecule has 0 radical (unpaired) electrons. The number of hydrogen-bond donors (Lipinski definition) is 3. The highest BCUT2D eigenvalue weighted by atomic mass is 32.2. The molecule has 0 aliphatic heterocycles. The van der Waals surface area contributed by atoms with E-state index < -0.39 is 33.8 Å². The summed E-state index contributed by atoms with van der Waals surface area (Å²) in [6, 6.07) is 5.01. The van der Waals surface area contributed by atoms with Crippen LogP contribution in [0.25, 0.3) is 0 Å². The number of carbonyl (C=O) groups is 2. The summed E-state index contributed by atoms with van der Waals surface area (Å²) in [6.45, 7) is 2.18. The molecule has 1 amide bonds. The predicted molar refractivity (Wildman–Crippen MR) is 77.3 cm³/mol. The fourth-order valence-corrected chi connectivity index (χ4v) is 2.40. The van der Waals surface area contributed by atoms with Crippen molar-refractivity contribution in [1.29, 1.82) is 0 Å². The molecule has 0 aliphatic rings. The molecule has 0 saturated heterocycles. The number of nitrogens with one attached hydrogen (secondary N) is 1. The van der Waals surface area contributed by atoms with Gasteiger partial charge in [0.25, 0.3) is 10.1 Å². The van der Waals surface area contributed by atoms with Crippen LogP contribution in [0.4, 0.5) is 0 Å². The lowest BCUT2D eigenvalue weighted by molar-refractivity contribution is -0.141. The lowest BCUT2D eigenvalue weighted by Gasteiger charge is -2.14. The molecule has 0 aromatic heterocycles. The Bertz CT molecular complexity index is 642. The molecule has 1 aromatic rings. The smallest absolute Gasteiger partial charge is 0.327 e. The number of ether oxygens (including phenoxy) is 1. The Balaban J connectivity index is 2.78. The third kappa shape index (κ3) is 6.10. The minimum absolute atomic E-state index is 0.175. The van der Waals surface area contributed by atoms with E-state index in [2.05, 4.69) is 5.32 Å². The minimum atomic E-state index is -4.52. The van der Waals surface area contributed by atoms with Crippen LogP contribution >= 0.6 is 0 Å². The Morgan fingerprint density at radius 3 is 2.50 bits per heavy atom. The monoisotopic (exact) mass is 331 g/mol. The number of para-hydroxylation sites is 1.